The summed E-state index contributed by atoms with van der Waals surface area (Å²) in [5, 5.41) is 6.55. The topological polar surface area (TPSA) is 83.0 Å². The normalized spacial score (nSPS) is 13.3. The van der Waals surface area contributed by atoms with E-state index in [1.54, 1.807) is 24.7 Å². The fraction of sp³-hybridized carbons (Fsp3) is 0.273. The Labute approximate surface area is 180 Å². The third kappa shape index (κ3) is 5.27. The van der Waals surface area contributed by atoms with Gasteiger partial charge in [0.1, 0.15) is 5.82 Å². The minimum absolute atomic E-state index is 0.232. The average Bonchev–Trinajstić information content (AvgIpc) is 3.30. The van der Waals surface area contributed by atoms with Gasteiger partial charge in [-0.1, -0.05) is 0 Å². The smallest absolute Gasteiger partial charge is 0.319 e. The van der Waals surface area contributed by atoms with Gasteiger partial charge in [-0.2, -0.15) is 0 Å². The number of nitrogens with zero attached hydrogens (tertiary/aromatic N) is 4. The Morgan fingerprint density at radius 1 is 1.07 bits per heavy atom. The Morgan fingerprint density at radius 2 is 1.87 bits per heavy atom. The van der Waals surface area contributed by atoms with Crippen LogP contribution in [-0.4, -0.2) is 34.1 Å². The van der Waals surface area contributed by atoms with Crippen LogP contribution >= 0.6 is 11.8 Å². The Balaban J connectivity index is 1.32. The molecule has 3 heterocycles. The van der Waals surface area contributed by atoms with Gasteiger partial charge in [0.25, 0.3) is 0 Å². The summed E-state index contributed by atoms with van der Waals surface area (Å²) in [5.41, 5.74) is 2.79. The molecule has 0 unspecified atom stereocenters. The van der Waals surface area contributed by atoms with Gasteiger partial charge in [0, 0.05) is 48.8 Å². The molecule has 2 aromatic heterocycles. The lowest BCUT2D eigenvalue weighted by Crippen LogP contribution is -2.28. The van der Waals surface area contributed by atoms with E-state index in [9.17, 15) is 4.79 Å². The third-order valence-electron chi connectivity index (χ3n) is 4.89. The summed E-state index contributed by atoms with van der Waals surface area (Å²) in [6, 6.07) is 11.4. The Hall–Kier alpha value is -3.13. The quantitative estimate of drug-likeness (QED) is 0.580. The largest absolute Gasteiger partial charge is 0.357 e. The number of carbonyl (C=O) groups excluding carboxylic acids is 1. The zero-order valence-corrected chi connectivity index (χ0v) is 17.7. The van der Waals surface area contributed by atoms with Crippen molar-refractivity contribution in [3.8, 4) is 0 Å². The number of aryl methyl sites for hydroxylation is 1. The summed E-state index contributed by atoms with van der Waals surface area (Å²) >= 11 is 1.49. The molecule has 0 bridgehead atoms. The van der Waals surface area contributed by atoms with Crippen LogP contribution in [0.3, 0.4) is 0 Å². The van der Waals surface area contributed by atoms with Gasteiger partial charge in [0.15, 0.2) is 5.16 Å². The second kappa shape index (κ2) is 9.58. The Morgan fingerprint density at radius 3 is 2.63 bits per heavy atom. The molecule has 2 amide bonds. The molecular formula is C22H24N6OS. The second-order valence-corrected chi connectivity index (χ2v) is 8.17. The van der Waals surface area contributed by atoms with Crippen molar-refractivity contribution in [1.82, 2.24) is 20.3 Å². The Kier molecular flexibility index (Phi) is 6.44. The first-order chi connectivity index (χ1) is 14.7. The molecule has 1 aliphatic heterocycles. The first kappa shape index (κ1) is 20.2. The van der Waals surface area contributed by atoms with Crippen molar-refractivity contribution < 1.29 is 4.79 Å². The highest BCUT2D eigenvalue weighted by atomic mass is 32.2. The molecule has 3 aromatic rings. The summed E-state index contributed by atoms with van der Waals surface area (Å²) in [6.45, 7) is 4.52. The first-order valence-corrected chi connectivity index (χ1v) is 10.8. The van der Waals surface area contributed by atoms with E-state index in [0.29, 0.717) is 11.7 Å². The molecule has 0 aliphatic carbocycles. The lowest BCUT2D eigenvalue weighted by atomic mass is 10.2. The average molecular weight is 421 g/mol. The maximum absolute atomic E-state index is 12.4. The van der Waals surface area contributed by atoms with Crippen LogP contribution in [-0.2, 0) is 6.54 Å². The summed E-state index contributed by atoms with van der Waals surface area (Å²) in [4.78, 5) is 28.6. The van der Waals surface area contributed by atoms with Gasteiger partial charge in [-0.25, -0.2) is 19.7 Å². The number of benzene rings is 1. The predicted octanol–water partition coefficient (Wildman–Crippen LogP) is 4.25. The van der Waals surface area contributed by atoms with E-state index < -0.39 is 0 Å². The van der Waals surface area contributed by atoms with E-state index in [2.05, 4.69) is 36.6 Å². The number of hydrogen-bond donors (Lipinski definition) is 2. The number of urea groups is 1. The molecule has 0 atom stereocenters. The van der Waals surface area contributed by atoms with Crippen LogP contribution in [0.4, 0.5) is 16.3 Å². The molecular weight excluding hydrogens is 396 g/mol. The van der Waals surface area contributed by atoms with Crippen molar-refractivity contribution in [1.29, 1.82) is 0 Å². The van der Waals surface area contributed by atoms with Crippen LogP contribution < -0.4 is 15.5 Å². The molecule has 1 saturated heterocycles. The highest BCUT2D eigenvalue weighted by molar-refractivity contribution is 7.99. The van der Waals surface area contributed by atoms with E-state index in [0.717, 1.165) is 40.6 Å². The summed E-state index contributed by atoms with van der Waals surface area (Å²) in [5.74, 6) is 0.985. The lowest BCUT2D eigenvalue weighted by Gasteiger charge is -2.17. The number of hydrogen-bond acceptors (Lipinski definition) is 6. The van der Waals surface area contributed by atoms with Gasteiger partial charge in [-0.05, 0) is 79.1 Å². The Bertz CT molecular complexity index is 1010. The standard InChI is InChI=1S/C22H24N6OS/c1-16-13-18(30-22-24-8-4-9-25-22)5-6-19(16)27-21(29)26-15-17-7-10-23-20(14-17)28-11-2-3-12-28/h4-10,13-14H,2-3,11-12,15H2,1H3,(H2,26,27,29). The first-order valence-electron chi connectivity index (χ1n) is 9.98. The van der Waals surface area contributed by atoms with Gasteiger partial charge in [0.2, 0.25) is 0 Å². The highest BCUT2D eigenvalue weighted by Gasteiger charge is 2.14. The van der Waals surface area contributed by atoms with Crippen LogP contribution in [0.15, 0.2) is 65.0 Å². The van der Waals surface area contributed by atoms with Crippen molar-refractivity contribution in [2.75, 3.05) is 23.3 Å². The minimum Gasteiger partial charge on any atom is -0.357 e. The van der Waals surface area contributed by atoms with Gasteiger partial charge >= 0.3 is 6.03 Å². The van der Waals surface area contributed by atoms with Crippen LogP contribution in [0.2, 0.25) is 0 Å². The van der Waals surface area contributed by atoms with Crippen molar-refractivity contribution in [2.24, 2.45) is 0 Å². The van der Waals surface area contributed by atoms with Gasteiger partial charge in [-0.3, -0.25) is 0 Å². The molecule has 30 heavy (non-hydrogen) atoms. The molecule has 0 radical (unpaired) electrons. The van der Waals surface area contributed by atoms with E-state index in [4.69, 9.17) is 0 Å². The molecule has 1 aliphatic rings. The third-order valence-corrected chi connectivity index (χ3v) is 5.77. The molecule has 0 spiro atoms. The van der Waals surface area contributed by atoms with Crippen molar-refractivity contribution in [3.63, 3.8) is 0 Å². The maximum atomic E-state index is 12.4. The monoisotopic (exact) mass is 420 g/mol. The molecule has 7 nitrogen and oxygen atoms in total. The van der Waals surface area contributed by atoms with E-state index >= 15 is 0 Å². The zero-order valence-electron chi connectivity index (χ0n) is 16.8. The fourth-order valence-corrected chi connectivity index (χ4v) is 4.13. The molecule has 8 heteroatoms. The molecule has 154 valence electrons. The zero-order chi connectivity index (χ0) is 20.8. The number of anilines is 2. The fourth-order valence-electron chi connectivity index (χ4n) is 3.32. The van der Waals surface area contributed by atoms with Crippen LogP contribution in [0.25, 0.3) is 0 Å². The lowest BCUT2D eigenvalue weighted by molar-refractivity contribution is 0.251. The SMILES string of the molecule is Cc1cc(Sc2ncccn2)ccc1NC(=O)NCc1ccnc(N2CCCC2)c1. The highest BCUT2D eigenvalue weighted by Crippen LogP contribution is 2.27. The molecule has 1 fully saturated rings. The molecule has 4 rings (SSSR count). The number of nitrogens with one attached hydrogen (secondary N) is 2. The number of pyridine rings is 1. The number of amides is 2. The molecule has 0 saturated carbocycles. The predicted molar refractivity (Wildman–Crippen MR) is 119 cm³/mol. The van der Waals surface area contributed by atoms with Crippen LogP contribution in [0.5, 0.6) is 0 Å². The van der Waals surface area contributed by atoms with E-state index in [-0.39, 0.29) is 6.03 Å². The van der Waals surface area contributed by atoms with Crippen molar-refractivity contribution in [2.45, 2.75) is 36.4 Å². The van der Waals surface area contributed by atoms with E-state index in [1.807, 2.05) is 31.2 Å². The van der Waals surface area contributed by atoms with Crippen LogP contribution in [0.1, 0.15) is 24.0 Å². The van der Waals surface area contributed by atoms with Crippen LogP contribution in [0, 0.1) is 6.92 Å². The van der Waals surface area contributed by atoms with Gasteiger partial charge in [-0.15, -0.1) is 0 Å². The maximum Gasteiger partial charge on any atom is 0.319 e. The van der Waals surface area contributed by atoms with Gasteiger partial charge in [0.05, 0.1) is 0 Å². The minimum atomic E-state index is -0.232. The van der Waals surface area contributed by atoms with Crippen molar-refractivity contribution in [3.05, 3.63) is 66.1 Å². The molecule has 2 N–H and O–H groups in total. The molecule has 1 aromatic carbocycles. The summed E-state index contributed by atoms with van der Waals surface area (Å²) < 4.78 is 0. The van der Waals surface area contributed by atoms with Crippen molar-refractivity contribution >= 4 is 29.3 Å². The van der Waals surface area contributed by atoms with E-state index in [1.165, 1.54) is 24.6 Å². The number of rotatable bonds is 6. The summed E-state index contributed by atoms with van der Waals surface area (Å²) in [6.07, 6.45) is 7.67. The number of aromatic nitrogens is 3. The number of carbonyl (C=O) groups is 1. The summed E-state index contributed by atoms with van der Waals surface area (Å²) in [7, 11) is 0. The second-order valence-electron chi connectivity index (χ2n) is 7.13. The van der Waals surface area contributed by atoms with Gasteiger partial charge < -0.3 is 15.5 Å².